The summed E-state index contributed by atoms with van der Waals surface area (Å²) in [5.74, 6) is -1.09. The zero-order valence-electron chi connectivity index (χ0n) is 13.8. The van der Waals surface area contributed by atoms with Crippen LogP contribution in [0.5, 0.6) is 0 Å². The van der Waals surface area contributed by atoms with Crippen LogP contribution in [-0.2, 0) is 14.6 Å². The molecule has 2 atom stereocenters. The predicted molar refractivity (Wildman–Crippen MR) is 80.5 cm³/mol. The van der Waals surface area contributed by atoms with Crippen LogP contribution in [0.3, 0.4) is 0 Å². The number of unbranched alkanes of at least 4 members (excludes halogenated alkanes) is 1. The first-order valence-electron chi connectivity index (χ1n) is 7.81. The van der Waals surface area contributed by atoms with Gasteiger partial charge in [-0.2, -0.15) is 0 Å². The van der Waals surface area contributed by atoms with Crippen molar-refractivity contribution in [3.05, 3.63) is 0 Å². The van der Waals surface area contributed by atoms with Gasteiger partial charge in [0.1, 0.15) is 0 Å². The third kappa shape index (κ3) is 10.2. The van der Waals surface area contributed by atoms with E-state index in [0.29, 0.717) is 24.9 Å². The van der Waals surface area contributed by atoms with Gasteiger partial charge >= 0.3 is 5.97 Å². The molecule has 4 nitrogen and oxygen atoms in total. The van der Waals surface area contributed by atoms with Crippen molar-refractivity contribution in [1.82, 2.24) is 0 Å². The van der Waals surface area contributed by atoms with E-state index in [1.54, 1.807) is 0 Å². The van der Waals surface area contributed by atoms with Gasteiger partial charge < -0.3 is 5.11 Å². The Labute approximate surface area is 123 Å². The zero-order valence-corrected chi connectivity index (χ0v) is 13.8. The van der Waals surface area contributed by atoms with Crippen molar-refractivity contribution in [2.75, 3.05) is 6.61 Å². The lowest BCUT2D eigenvalue weighted by Crippen LogP contribution is -2.22. The lowest BCUT2D eigenvalue weighted by Gasteiger charge is -2.19. The highest BCUT2D eigenvalue weighted by Crippen LogP contribution is 2.21. The van der Waals surface area contributed by atoms with E-state index in [-0.39, 0.29) is 12.0 Å². The van der Waals surface area contributed by atoms with Crippen LogP contribution in [0, 0.1) is 11.3 Å². The van der Waals surface area contributed by atoms with Crippen molar-refractivity contribution in [1.29, 1.82) is 0 Å². The second-order valence-electron chi connectivity index (χ2n) is 6.65. The summed E-state index contributed by atoms with van der Waals surface area (Å²) in [7, 11) is 0. The summed E-state index contributed by atoms with van der Waals surface area (Å²) in [5, 5.41) is 9.04. The molecule has 0 bridgehead atoms. The van der Waals surface area contributed by atoms with Gasteiger partial charge in [-0.15, -0.1) is 0 Å². The molecule has 0 radical (unpaired) electrons. The fourth-order valence-electron chi connectivity index (χ4n) is 1.99. The van der Waals surface area contributed by atoms with Crippen LogP contribution in [0.1, 0.15) is 73.1 Å². The van der Waals surface area contributed by atoms with Crippen LogP contribution >= 0.6 is 0 Å². The minimum Gasteiger partial charge on any atom is -0.481 e. The highest BCUT2D eigenvalue weighted by molar-refractivity contribution is 5.69. The van der Waals surface area contributed by atoms with Gasteiger partial charge in [-0.25, -0.2) is 9.78 Å². The molecule has 0 aromatic rings. The molecule has 0 aromatic heterocycles. The van der Waals surface area contributed by atoms with Crippen molar-refractivity contribution in [3.8, 4) is 0 Å². The van der Waals surface area contributed by atoms with Crippen molar-refractivity contribution in [2.45, 2.75) is 79.2 Å². The van der Waals surface area contributed by atoms with Crippen LogP contribution in [0.25, 0.3) is 0 Å². The molecule has 0 aromatic carbocycles. The second-order valence-corrected chi connectivity index (χ2v) is 6.65. The first-order valence-corrected chi connectivity index (χ1v) is 7.81. The smallest absolute Gasteiger partial charge is 0.306 e. The highest BCUT2D eigenvalue weighted by Gasteiger charge is 2.21. The van der Waals surface area contributed by atoms with Crippen molar-refractivity contribution >= 4 is 5.97 Å². The van der Waals surface area contributed by atoms with Crippen molar-refractivity contribution < 1.29 is 19.7 Å². The molecule has 0 aliphatic heterocycles. The monoisotopic (exact) mass is 288 g/mol. The maximum atomic E-state index is 11.0. The number of hydrogen-bond donors (Lipinski definition) is 1. The van der Waals surface area contributed by atoms with Crippen LogP contribution in [0.4, 0.5) is 0 Å². The Kier molecular flexibility index (Phi) is 9.86. The highest BCUT2D eigenvalue weighted by atomic mass is 17.2. The van der Waals surface area contributed by atoms with Gasteiger partial charge in [0, 0.05) is 0 Å². The Morgan fingerprint density at radius 1 is 1.15 bits per heavy atom. The molecular weight excluding hydrogens is 256 g/mol. The number of carbonyl (C=O) groups is 1. The van der Waals surface area contributed by atoms with E-state index in [0.717, 1.165) is 19.3 Å². The molecule has 4 heteroatoms. The average Bonchev–Trinajstić information content (AvgIpc) is 2.35. The summed E-state index contributed by atoms with van der Waals surface area (Å²) in [5.41, 5.74) is 0.364. The molecule has 0 amide bonds. The Hall–Kier alpha value is -0.610. The second kappa shape index (κ2) is 10.2. The number of rotatable bonds is 11. The minimum atomic E-state index is -0.750. The largest absolute Gasteiger partial charge is 0.481 e. The van der Waals surface area contributed by atoms with Crippen LogP contribution in [0.2, 0.25) is 0 Å². The van der Waals surface area contributed by atoms with Gasteiger partial charge in [-0.05, 0) is 37.5 Å². The van der Waals surface area contributed by atoms with Crippen molar-refractivity contribution in [3.63, 3.8) is 0 Å². The summed E-state index contributed by atoms with van der Waals surface area (Å²) in [6.45, 7) is 11.1. The van der Waals surface area contributed by atoms with Crippen LogP contribution in [-0.4, -0.2) is 23.8 Å². The molecule has 120 valence electrons. The van der Waals surface area contributed by atoms with Crippen LogP contribution in [0.15, 0.2) is 0 Å². The molecular formula is C16H32O4. The van der Waals surface area contributed by atoms with E-state index in [2.05, 4.69) is 20.8 Å². The van der Waals surface area contributed by atoms with Gasteiger partial charge in [0.25, 0.3) is 0 Å². The molecule has 1 N–H and O–H groups in total. The third-order valence-corrected chi connectivity index (χ3v) is 3.45. The lowest BCUT2D eigenvalue weighted by atomic mass is 9.90. The van der Waals surface area contributed by atoms with E-state index in [1.165, 1.54) is 6.42 Å². The SMILES string of the molecule is CCC(CC(CC)C(=O)O)OOCCCCC(C)(C)C. The Morgan fingerprint density at radius 3 is 2.25 bits per heavy atom. The number of carboxylic acid groups (broad SMARTS) is 1. The molecule has 0 fully saturated rings. The molecule has 0 aliphatic carbocycles. The Bertz CT molecular complexity index is 258. The summed E-state index contributed by atoms with van der Waals surface area (Å²) in [4.78, 5) is 21.6. The molecule has 0 spiro atoms. The Morgan fingerprint density at radius 2 is 1.80 bits per heavy atom. The molecule has 0 saturated carbocycles. The third-order valence-electron chi connectivity index (χ3n) is 3.45. The van der Waals surface area contributed by atoms with Crippen LogP contribution < -0.4 is 0 Å². The molecule has 0 heterocycles. The predicted octanol–water partition coefficient (Wildman–Crippen LogP) is 4.43. The topological polar surface area (TPSA) is 55.8 Å². The Balaban J connectivity index is 3.77. The van der Waals surface area contributed by atoms with E-state index < -0.39 is 5.97 Å². The van der Waals surface area contributed by atoms with Gasteiger partial charge in [0.15, 0.2) is 0 Å². The van der Waals surface area contributed by atoms with Crippen molar-refractivity contribution in [2.24, 2.45) is 11.3 Å². The molecule has 20 heavy (non-hydrogen) atoms. The summed E-state index contributed by atoms with van der Waals surface area (Å²) in [6.07, 6.45) is 5.06. The maximum absolute atomic E-state index is 11.0. The molecule has 0 saturated heterocycles. The fourth-order valence-corrected chi connectivity index (χ4v) is 1.99. The summed E-state index contributed by atoms with van der Waals surface area (Å²) < 4.78 is 0. The first kappa shape index (κ1) is 19.4. The molecule has 0 aliphatic rings. The number of carboxylic acids is 1. The maximum Gasteiger partial charge on any atom is 0.306 e. The molecule has 0 rings (SSSR count). The van der Waals surface area contributed by atoms with E-state index in [1.807, 2.05) is 13.8 Å². The van der Waals surface area contributed by atoms with Gasteiger partial charge in [-0.1, -0.05) is 41.0 Å². The minimum absolute atomic E-state index is 0.126. The summed E-state index contributed by atoms with van der Waals surface area (Å²) >= 11 is 0. The lowest BCUT2D eigenvalue weighted by molar-refractivity contribution is -0.327. The fraction of sp³-hybridized carbons (Fsp3) is 0.938. The zero-order chi connectivity index (χ0) is 15.6. The van der Waals surface area contributed by atoms with Gasteiger partial charge in [-0.3, -0.25) is 4.79 Å². The quantitative estimate of drug-likeness (QED) is 0.347. The van der Waals surface area contributed by atoms with Gasteiger partial charge in [0.2, 0.25) is 0 Å². The van der Waals surface area contributed by atoms with E-state index in [4.69, 9.17) is 14.9 Å². The number of hydrogen-bond acceptors (Lipinski definition) is 3. The number of aliphatic carboxylic acids is 1. The normalized spacial score (nSPS) is 15.1. The standard InChI is InChI=1S/C16H32O4/c1-6-13(15(17)18)12-14(7-2)20-19-11-9-8-10-16(3,4)5/h13-14H,6-12H2,1-5H3,(H,17,18). The first-order chi connectivity index (χ1) is 9.30. The van der Waals surface area contributed by atoms with Gasteiger partial charge in [0.05, 0.1) is 18.6 Å². The molecule has 2 unspecified atom stereocenters. The summed E-state index contributed by atoms with van der Waals surface area (Å²) in [6, 6.07) is 0. The van der Waals surface area contributed by atoms with E-state index >= 15 is 0 Å². The average molecular weight is 288 g/mol. The van der Waals surface area contributed by atoms with E-state index in [9.17, 15) is 4.79 Å².